The molecule has 0 spiro atoms. The monoisotopic (exact) mass is 261 g/mol. The van der Waals surface area contributed by atoms with Gasteiger partial charge in [-0.2, -0.15) is 0 Å². The zero-order valence-electron chi connectivity index (χ0n) is 11.1. The number of nitro groups is 1. The largest absolute Gasteiger partial charge is 0.474 e. The van der Waals surface area contributed by atoms with Gasteiger partial charge in [0.2, 0.25) is 0 Å². The third-order valence-electron chi connectivity index (χ3n) is 2.08. The van der Waals surface area contributed by atoms with E-state index in [2.05, 4.69) is 11.8 Å². The zero-order valence-corrected chi connectivity index (χ0v) is 11.1. The van der Waals surface area contributed by atoms with Gasteiger partial charge in [0.1, 0.15) is 12.9 Å². The Kier molecular flexibility index (Phi) is 4.65. The van der Waals surface area contributed by atoms with E-state index in [1.165, 1.54) is 18.2 Å². The fraction of sp³-hybridized carbons (Fsp3) is 0.357. The van der Waals surface area contributed by atoms with Gasteiger partial charge in [0.25, 0.3) is 0 Å². The second-order valence-corrected chi connectivity index (χ2v) is 4.94. The van der Waals surface area contributed by atoms with Crippen LogP contribution in [0.5, 0.6) is 5.75 Å². The highest BCUT2D eigenvalue weighted by molar-refractivity contribution is 5.77. The van der Waals surface area contributed by atoms with Crippen LogP contribution < -0.4 is 4.74 Å². The average Bonchev–Trinajstić information content (AvgIpc) is 2.33. The van der Waals surface area contributed by atoms with E-state index in [0.717, 1.165) is 0 Å². The van der Waals surface area contributed by atoms with Crippen LogP contribution in [-0.4, -0.2) is 17.8 Å². The van der Waals surface area contributed by atoms with Crippen molar-refractivity contribution in [3.05, 3.63) is 33.9 Å². The van der Waals surface area contributed by atoms with Gasteiger partial charge in [-0.1, -0.05) is 11.8 Å². The van der Waals surface area contributed by atoms with Crippen molar-refractivity contribution in [2.24, 2.45) is 5.41 Å². The minimum Gasteiger partial charge on any atom is -0.474 e. The number of carbonyl (C=O) groups is 1. The number of rotatable bonds is 4. The Bertz CT molecular complexity index is 547. The molecule has 0 amide bonds. The maximum atomic E-state index is 10.9. The minimum absolute atomic E-state index is 0.0680. The molecule has 5 nitrogen and oxygen atoms in total. The number of hydrogen-bond donors (Lipinski definition) is 0. The molecule has 19 heavy (non-hydrogen) atoms. The third-order valence-corrected chi connectivity index (χ3v) is 2.08. The van der Waals surface area contributed by atoms with Crippen LogP contribution in [0.15, 0.2) is 18.2 Å². The summed E-state index contributed by atoms with van der Waals surface area (Å²) < 4.78 is 5.26. The Morgan fingerprint density at radius 1 is 1.42 bits per heavy atom. The number of nitro benzene ring substituents is 1. The molecule has 1 aromatic carbocycles. The van der Waals surface area contributed by atoms with Crippen molar-refractivity contribution in [2.45, 2.75) is 20.8 Å². The standard InChI is InChI=1S/C14H15NO4/c1-14(2,3)7-4-8-19-13-6-5-11(10-16)9-12(13)15(17)18/h5-6,9-10H,8H2,1-3H3. The smallest absolute Gasteiger partial charge is 0.311 e. The maximum absolute atomic E-state index is 10.9. The van der Waals surface area contributed by atoms with Gasteiger partial charge in [-0.25, -0.2) is 0 Å². The average molecular weight is 261 g/mol. The van der Waals surface area contributed by atoms with Crippen LogP contribution >= 0.6 is 0 Å². The van der Waals surface area contributed by atoms with Gasteiger partial charge >= 0.3 is 5.69 Å². The molecule has 0 heterocycles. The first-order valence-electron chi connectivity index (χ1n) is 5.70. The second kappa shape index (κ2) is 6.01. The third kappa shape index (κ3) is 4.80. The number of aldehydes is 1. The lowest BCUT2D eigenvalue weighted by molar-refractivity contribution is -0.385. The Morgan fingerprint density at radius 3 is 2.63 bits per heavy atom. The van der Waals surface area contributed by atoms with Crippen LogP contribution in [0.4, 0.5) is 5.69 Å². The summed E-state index contributed by atoms with van der Waals surface area (Å²) in [5.41, 5.74) is -0.140. The summed E-state index contributed by atoms with van der Waals surface area (Å²) in [6.45, 7) is 5.95. The van der Waals surface area contributed by atoms with Crippen LogP contribution in [0.3, 0.4) is 0 Å². The Labute approximate surface area is 111 Å². The quantitative estimate of drug-likeness (QED) is 0.361. The minimum atomic E-state index is -0.584. The van der Waals surface area contributed by atoms with E-state index in [-0.39, 0.29) is 29.0 Å². The highest BCUT2D eigenvalue weighted by Gasteiger charge is 2.15. The summed E-state index contributed by atoms with van der Waals surface area (Å²) in [6.07, 6.45) is 0.552. The van der Waals surface area contributed by atoms with E-state index < -0.39 is 4.92 Å². The zero-order chi connectivity index (χ0) is 14.5. The first-order valence-corrected chi connectivity index (χ1v) is 5.70. The normalized spacial score (nSPS) is 10.3. The summed E-state index contributed by atoms with van der Waals surface area (Å²) in [5, 5.41) is 10.9. The van der Waals surface area contributed by atoms with Crippen LogP contribution in [0, 0.1) is 27.4 Å². The predicted molar refractivity (Wildman–Crippen MR) is 71.2 cm³/mol. The van der Waals surface area contributed by atoms with Gasteiger partial charge in [-0.3, -0.25) is 14.9 Å². The molecule has 100 valence electrons. The molecule has 0 aliphatic carbocycles. The lowest BCUT2D eigenvalue weighted by Crippen LogP contribution is -2.03. The first kappa shape index (κ1) is 14.7. The molecule has 5 heteroatoms. The van der Waals surface area contributed by atoms with E-state index in [4.69, 9.17) is 4.74 Å². The van der Waals surface area contributed by atoms with Gasteiger partial charge in [-0.15, -0.1) is 0 Å². The number of ether oxygens (including phenoxy) is 1. The number of benzene rings is 1. The topological polar surface area (TPSA) is 69.4 Å². The van der Waals surface area contributed by atoms with Gasteiger partial charge in [0.05, 0.1) is 4.92 Å². The second-order valence-electron chi connectivity index (χ2n) is 4.94. The van der Waals surface area contributed by atoms with E-state index in [1.807, 2.05) is 20.8 Å². The van der Waals surface area contributed by atoms with Crippen LogP contribution in [0.25, 0.3) is 0 Å². The fourth-order valence-corrected chi connectivity index (χ4v) is 1.29. The molecule has 1 rings (SSSR count). The van der Waals surface area contributed by atoms with Crippen molar-refractivity contribution < 1.29 is 14.5 Å². The molecule has 1 aromatic rings. The molecule has 0 N–H and O–H groups in total. The number of nitrogens with zero attached hydrogens (tertiary/aromatic N) is 1. The van der Waals surface area contributed by atoms with Crippen molar-refractivity contribution in [3.8, 4) is 17.6 Å². The molecule has 0 bridgehead atoms. The van der Waals surface area contributed by atoms with Gasteiger partial charge in [-0.05, 0) is 32.9 Å². The molecule has 0 atom stereocenters. The summed E-state index contributed by atoms with van der Waals surface area (Å²) in [6, 6.07) is 4.05. The summed E-state index contributed by atoms with van der Waals surface area (Å²) in [7, 11) is 0. The van der Waals surface area contributed by atoms with Crippen LogP contribution in [0.2, 0.25) is 0 Å². The number of carbonyl (C=O) groups excluding carboxylic acids is 1. The predicted octanol–water partition coefficient (Wildman–Crippen LogP) is 2.84. The van der Waals surface area contributed by atoms with Crippen LogP contribution in [-0.2, 0) is 0 Å². The molecular formula is C14H15NO4. The Morgan fingerprint density at radius 2 is 2.11 bits per heavy atom. The van der Waals surface area contributed by atoms with Crippen molar-refractivity contribution in [1.29, 1.82) is 0 Å². The van der Waals surface area contributed by atoms with Crippen molar-refractivity contribution in [3.63, 3.8) is 0 Å². The fourth-order valence-electron chi connectivity index (χ4n) is 1.29. The molecule has 0 saturated heterocycles. The number of hydrogen-bond acceptors (Lipinski definition) is 4. The summed E-state index contributed by atoms with van der Waals surface area (Å²) >= 11 is 0. The highest BCUT2D eigenvalue weighted by atomic mass is 16.6. The Hall–Kier alpha value is -2.35. The Balaban J connectivity index is 2.86. The van der Waals surface area contributed by atoms with E-state index >= 15 is 0 Å². The SMILES string of the molecule is CC(C)(C)C#CCOc1ccc(C=O)cc1[N+](=O)[O-]. The molecule has 0 aliphatic heterocycles. The van der Waals surface area contributed by atoms with Gasteiger partial charge in [0, 0.05) is 17.0 Å². The van der Waals surface area contributed by atoms with Crippen molar-refractivity contribution in [2.75, 3.05) is 6.61 Å². The molecule has 0 saturated carbocycles. The first-order chi connectivity index (χ1) is 8.83. The molecule has 0 aliphatic rings. The van der Waals surface area contributed by atoms with E-state index in [0.29, 0.717) is 6.29 Å². The summed E-state index contributed by atoms with van der Waals surface area (Å²) in [5.74, 6) is 5.88. The molecule has 0 fully saturated rings. The summed E-state index contributed by atoms with van der Waals surface area (Å²) in [4.78, 5) is 20.8. The highest BCUT2D eigenvalue weighted by Crippen LogP contribution is 2.27. The lowest BCUT2D eigenvalue weighted by atomic mass is 9.98. The maximum Gasteiger partial charge on any atom is 0.311 e. The van der Waals surface area contributed by atoms with Crippen molar-refractivity contribution >= 4 is 12.0 Å². The van der Waals surface area contributed by atoms with Crippen LogP contribution in [0.1, 0.15) is 31.1 Å². The van der Waals surface area contributed by atoms with Gasteiger partial charge in [0.15, 0.2) is 5.75 Å². The van der Waals surface area contributed by atoms with Crippen molar-refractivity contribution in [1.82, 2.24) is 0 Å². The lowest BCUT2D eigenvalue weighted by Gasteiger charge is -2.07. The molecular weight excluding hydrogens is 246 g/mol. The van der Waals surface area contributed by atoms with Gasteiger partial charge < -0.3 is 4.74 Å². The molecule has 0 radical (unpaired) electrons. The van der Waals surface area contributed by atoms with E-state index in [1.54, 1.807) is 0 Å². The molecule has 0 aromatic heterocycles. The van der Waals surface area contributed by atoms with E-state index in [9.17, 15) is 14.9 Å². The molecule has 0 unspecified atom stereocenters.